The Morgan fingerprint density at radius 2 is 2.06 bits per heavy atom. The molecule has 0 aliphatic carbocycles. The summed E-state index contributed by atoms with van der Waals surface area (Å²) in [6.07, 6.45) is 0. The van der Waals surface area contributed by atoms with Gasteiger partial charge in [-0.05, 0) is 24.3 Å². The van der Waals surface area contributed by atoms with E-state index in [1.54, 1.807) is 24.3 Å². The summed E-state index contributed by atoms with van der Waals surface area (Å²) in [5.41, 5.74) is 6.04. The molecule has 90 valence electrons. The quantitative estimate of drug-likeness (QED) is 0.858. The van der Waals surface area contributed by atoms with Gasteiger partial charge in [-0.15, -0.1) is 0 Å². The van der Waals surface area contributed by atoms with E-state index in [0.717, 1.165) is 4.47 Å². The van der Waals surface area contributed by atoms with Crippen LogP contribution in [0.4, 0.5) is 10.1 Å². The number of ether oxygens (including phenoxy) is 1. The van der Waals surface area contributed by atoms with Gasteiger partial charge in [0.25, 0.3) is 0 Å². The minimum Gasteiger partial charge on any atom is -0.456 e. The molecule has 0 unspecified atom stereocenters. The Balaban J connectivity index is 2.40. The lowest BCUT2D eigenvalue weighted by atomic mass is 10.2. The molecule has 0 bridgehead atoms. The van der Waals surface area contributed by atoms with Gasteiger partial charge in [0, 0.05) is 16.2 Å². The van der Waals surface area contributed by atoms with Crippen molar-refractivity contribution < 1.29 is 9.13 Å². The molecule has 0 spiro atoms. The zero-order valence-electron chi connectivity index (χ0n) is 9.15. The van der Waals surface area contributed by atoms with Crippen molar-refractivity contribution >= 4 is 21.6 Å². The Bertz CT molecular complexity index is 617. The molecular formula is C13H8BrFN2O. The fourth-order valence-electron chi connectivity index (χ4n) is 1.47. The molecule has 3 nitrogen and oxygen atoms in total. The van der Waals surface area contributed by atoms with E-state index < -0.39 is 5.82 Å². The number of nitriles is 1. The van der Waals surface area contributed by atoms with Gasteiger partial charge in [-0.3, -0.25) is 0 Å². The summed E-state index contributed by atoms with van der Waals surface area (Å²) in [5, 5.41) is 8.88. The third kappa shape index (κ3) is 2.60. The maximum atomic E-state index is 13.4. The molecule has 2 N–H and O–H groups in total. The second-order valence-electron chi connectivity index (χ2n) is 3.55. The van der Waals surface area contributed by atoms with Crippen molar-refractivity contribution in [2.75, 3.05) is 5.73 Å². The van der Waals surface area contributed by atoms with Crippen molar-refractivity contribution in [1.82, 2.24) is 0 Å². The van der Waals surface area contributed by atoms with Crippen molar-refractivity contribution in [3.8, 4) is 17.6 Å². The highest BCUT2D eigenvalue weighted by Gasteiger charge is 2.10. The number of nitrogens with zero attached hydrogens (tertiary/aromatic N) is 1. The first-order chi connectivity index (χ1) is 8.60. The van der Waals surface area contributed by atoms with Gasteiger partial charge >= 0.3 is 0 Å². The van der Waals surface area contributed by atoms with Crippen LogP contribution < -0.4 is 10.5 Å². The molecule has 0 atom stereocenters. The number of halogens is 2. The summed E-state index contributed by atoms with van der Waals surface area (Å²) in [6.45, 7) is 0. The van der Waals surface area contributed by atoms with Crippen LogP contribution in [0.15, 0.2) is 40.9 Å². The molecule has 2 rings (SSSR count). The molecule has 0 aromatic heterocycles. The maximum absolute atomic E-state index is 13.4. The number of benzene rings is 2. The fourth-order valence-corrected chi connectivity index (χ4v) is 1.96. The molecule has 5 heteroatoms. The molecule has 0 radical (unpaired) electrons. The van der Waals surface area contributed by atoms with E-state index in [1.165, 1.54) is 18.2 Å². The minimum atomic E-state index is -0.613. The topological polar surface area (TPSA) is 59.0 Å². The largest absolute Gasteiger partial charge is 0.456 e. The van der Waals surface area contributed by atoms with E-state index in [4.69, 9.17) is 15.7 Å². The van der Waals surface area contributed by atoms with Crippen LogP contribution in [0.3, 0.4) is 0 Å². The second-order valence-corrected chi connectivity index (χ2v) is 4.46. The molecule has 0 heterocycles. The first kappa shape index (κ1) is 12.4. The Morgan fingerprint density at radius 3 is 2.72 bits per heavy atom. The highest BCUT2D eigenvalue weighted by Crippen LogP contribution is 2.30. The van der Waals surface area contributed by atoms with Gasteiger partial charge in [0.05, 0.1) is 0 Å². The van der Waals surface area contributed by atoms with Gasteiger partial charge in [-0.2, -0.15) is 5.26 Å². The predicted molar refractivity (Wildman–Crippen MR) is 69.7 cm³/mol. The predicted octanol–water partition coefficient (Wildman–Crippen LogP) is 3.83. The molecule has 0 aliphatic rings. The van der Waals surface area contributed by atoms with Gasteiger partial charge in [0.2, 0.25) is 0 Å². The summed E-state index contributed by atoms with van der Waals surface area (Å²) in [6, 6.07) is 11.0. The lowest BCUT2D eigenvalue weighted by molar-refractivity contribution is 0.474. The van der Waals surface area contributed by atoms with Crippen molar-refractivity contribution in [1.29, 1.82) is 5.26 Å². The van der Waals surface area contributed by atoms with Crippen LogP contribution in [-0.4, -0.2) is 0 Å². The molecule has 0 amide bonds. The Labute approximate surface area is 112 Å². The number of rotatable bonds is 2. The lowest BCUT2D eigenvalue weighted by Crippen LogP contribution is -1.93. The molecule has 0 aliphatic heterocycles. The SMILES string of the molecule is N#Cc1c(F)cccc1Oc1cc(N)cc(Br)c1. The van der Waals surface area contributed by atoms with E-state index in [9.17, 15) is 4.39 Å². The Morgan fingerprint density at radius 1 is 1.28 bits per heavy atom. The van der Waals surface area contributed by atoms with Crippen molar-refractivity contribution in [3.63, 3.8) is 0 Å². The first-order valence-electron chi connectivity index (χ1n) is 5.02. The van der Waals surface area contributed by atoms with Gasteiger partial charge in [0.1, 0.15) is 28.9 Å². The Hall–Kier alpha value is -2.06. The molecule has 2 aromatic carbocycles. The molecule has 0 saturated carbocycles. The van der Waals surface area contributed by atoms with Gasteiger partial charge < -0.3 is 10.5 Å². The number of hydrogen-bond acceptors (Lipinski definition) is 3. The maximum Gasteiger partial charge on any atom is 0.148 e. The number of anilines is 1. The van der Waals surface area contributed by atoms with Crippen molar-refractivity contribution in [3.05, 3.63) is 52.3 Å². The van der Waals surface area contributed by atoms with Crippen LogP contribution in [0, 0.1) is 17.1 Å². The van der Waals surface area contributed by atoms with E-state index in [2.05, 4.69) is 15.9 Å². The second kappa shape index (κ2) is 5.07. The smallest absolute Gasteiger partial charge is 0.148 e. The number of nitrogen functional groups attached to an aromatic ring is 1. The normalized spacial score (nSPS) is 9.83. The van der Waals surface area contributed by atoms with Crippen LogP contribution in [0.25, 0.3) is 0 Å². The average molecular weight is 307 g/mol. The number of hydrogen-bond donors (Lipinski definition) is 1. The molecule has 0 saturated heterocycles. The number of nitrogens with two attached hydrogens (primary N) is 1. The van der Waals surface area contributed by atoms with Crippen LogP contribution >= 0.6 is 15.9 Å². The van der Waals surface area contributed by atoms with E-state index in [-0.39, 0.29) is 11.3 Å². The average Bonchev–Trinajstić information content (AvgIpc) is 2.27. The highest BCUT2D eigenvalue weighted by atomic mass is 79.9. The zero-order valence-corrected chi connectivity index (χ0v) is 10.7. The monoisotopic (exact) mass is 306 g/mol. The molecule has 0 fully saturated rings. The van der Waals surface area contributed by atoms with Crippen LogP contribution in [-0.2, 0) is 0 Å². The summed E-state index contributed by atoms with van der Waals surface area (Å²) in [5.74, 6) is -0.0167. The summed E-state index contributed by atoms with van der Waals surface area (Å²) < 4.78 is 19.6. The van der Waals surface area contributed by atoms with Crippen molar-refractivity contribution in [2.24, 2.45) is 0 Å². The third-order valence-electron chi connectivity index (χ3n) is 2.21. The zero-order chi connectivity index (χ0) is 13.1. The lowest BCUT2D eigenvalue weighted by Gasteiger charge is -2.08. The minimum absolute atomic E-state index is 0.129. The van der Waals surface area contributed by atoms with Crippen LogP contribution in [0.1, 0.15) is 5.56 Å². The van der Waals surface area contributed by atoms with E-state index in [0.29, 0.717) is 11.4 Å². The highest BCUT2D eigenvalue weighted by molar-refractivity contribution is 9.10. The third-order valence-corrected chi connectivity index (χ3v) is 2.67. The standard InChI is InChI=1S/C13H8BrFN2O/c14-8-4-9(17)6-10(5-8)18-13-3-1-2-12(15)11(13)7-16/h1-6H,17H2. The molecular weight excluding hydrogens is 299 g/mol. The van der Waals surface area contributed by atoms with E-state index in [1.807, 2.05) is 0 Å². The van der Waals surface area contributed by atoms with E-state index >= 15 is 0 Å². The first-order valence-corrected chi connectivity index (χ1v) is 5.82. The van der Waals surface area contributed by atoms with Crippen molar-refractivity contribution in [2.45, 2.75) is 0 Å². The van der Waals surface area contributed by atoms with Gasteiger partial charge in [0.15, 0.2) is 0 Å². The summed E-state index contributed by atoms with van der Waals surface area (Å²) in [4.78, 5) is 0. The molecule has 2 aromatic rings. The Kier molecular flexibility index (Phi) is 3.49. The fraction of sp³-hybridized carbons (Fsp3) is 0. The summed E-state index contributed by atoms with van der Waals surface area (Å²) in [7, 11) is 0. The molecule has 18 heavy (non-hydrogen) atoms. The van der Waals surface area contributed by atoms with Gasteiger partial charge in [-0.25, -0.2) is 4.39 Å². The van der Waals surface area contributed by atoms with Crippen LogP contribution in [0.5, 0.6) is 11.5 Å². The van der Waals surface area contributed by atoms with Gasteiger partial charge in [-0.1, -0.05) is 22.0 Å². The summed E-state index contributed by atoms with van der Waals surface area (Å²) >= 11 is 3.28. The van der Waals surface area contributed by atoms with Crippen LogP contribution in [0.2, 0.25) is 0 Å².